The van der Waals surface area contributed by atoms with Gasteiger partial charge in [0.25, 0.3) is 0 Å². The van der Waals surface area contributed by atoms with E-state index in [1.165, 1.54) is 0 Å². The van der Waals surface area contributed by atoms with E-state index in [0.717, 1.165) is 12.0 Å². The lowest BCUT2D eigenvalue weighted by atomic mass is 10.1. The second-order valence-electron chi connectivity index (χ2n) is 3.09. The summed E-state index contributed by atoms with van der Waals surface area (Å²) in [5, 5.41) is 10.5. The number of hydrogen-bond acceptors (Lipinski definition) is 1. The van der Waals surface area contributed by atoms with E-state index < -0.39 is 0 Å². The first-order chi connectivity index (χ1) is 6.11. The van der Waals surface area contributed by atoms with E-state index in [4.69, 9.17) is 28.3 Å². The van der Waals surface area contributed by atoms with Crippen molar-refractivity contribution in [2.24, 2.45) is 0 Å². The Balaban J connectivity index is 2.75. The Hall–Kier alpha value is -0.240. The molecule has 0 radical (unpaired) electrons. The third-order valence-corrected chi connectivity index (χ3v) is 2.58. The predicted molar refractivity (Wildman–Crippen MR) is 56.5 cm³/mol. The Morgan fingerprint density at radius 1 is 1.31 bits per heavy atom. The highest BCUT2D eigenvalue weighted by Crippen LogP contribution is 2.25. The summed E-state index contributed by atoms with van der Waals surface area (Å²) in [6, 6.07) is 5.44. The summed E-state index contributed by atoms with van der Waals surface area (Å²) in [5.41, 5.74) is 0.923. The lowest BCUT2D eigenvalue weighted by Gasteiger charge is -2.07. The van der Waals surface area contributed by atoms with Gasteiger partial charge in [0.05, 0.1) is 6.10 Å². The predicted octanol–water partition coefficient (Wildman–Crippen LogP) is 3.31. The molecule has 1 aromatic carbocycles. The molecular formula is C10H12Cl2O. The van der Waals surface area contributed by atoms with E-state index >= 15 is 0 Å². The average Bonchev–Trinajstić information content (AvgIpc) is 2.03. The Kier molecular flexibility index (Phi) is 4.04. The Morgan fingerprint density at radius 2 is 1.85 bits per heavy atom. The van der Waals surface area contributed by atoms with Crippen LogP contribution in [0, 0.1) is 0 Å². The Morgan fingerprint density at radius 3 is 2.31 bits per heavy atom. The highest BCUT2D eigenvalue weighted by Gasteiger charge is 2.06. The molecule has 0 saturated carbocycles. The fourth-order valence-corrected chi connectivity index (χ4v) is 1.71. The maximum Gasteiger partial charge on any atom is 0.0515 e. The number of rotatable bonds is 3. The van der Waals surface area contributed by atoms with Gasteiger partial charge in [-0.15, -0.1) is 0 Å². The molecule has 1 atom stereocenters. The van der Waals surface area contributed by atoms with Crippen LogP contribution in [-0.4, -0.2) is 11.2 Å². The van der Waals surface area contributed by atoms with Crippen LogP contribution in [-0.2, 0) is 6.42 Å². The molecule has 13 heavy (non-hydrogen) atoms. The minimum Gasteiger partial charge on any atom is -0.393 e. The summed E-state index contributed by atoms with van der Waals surface area (Å²) < 4.78 is 0. The fourth-order valence-electron chi connectivity index (χ4n) is 1.12. The summed E-state index contributed by atoms with van der Waals surface area (Å²) in [5.74, 6) is 0. The molecule has 3 heteroatoms. The third-order valence-electron chi connectivity index (χ3n) is 1.87. The van der Waals surface area contributed by atoms with Gasteiger partial charge in [-0.25, -0.2) is 0 Å². The van der Waals surface area contributed by atoms with Crippen LogP contribution in [0.4, 0.5) is 0 Å². The summed E-state index contributed by atoms with van der Waals surface area (Å²) in [6.07, 6.45) is 1.09. The standard InChI is InChI=1S/C10H12Cl2O/c1-7(13)5-6-8-9(11)3-2-4-10(8)12/h2-4,7,13H,5-6H2,1H3/t7-/m1/s1. The molecule has 0 heterocycles. The van der Waals surface area contributed by atoms with Gasteiger partial charge < -0.3 is 5.11 Å². The molecule has 0 unspecified atom stereocenters. The quantitative estimate of drug-likeness (QED) is 0.826. The van der Waals surface area contributed by atoms with Gasteiger partial charge in [-0.2, -0.15) is 0 Å². The van der Waals surface area contributed by atoms with E-state index in [-0.39, 0.29) is 6.10 Å². The number of aliphatic hydroxyl groups is 1. The van der Waals surface area contributed by atoms with Crippen LogP contribution in [0.5, 0.6) is 0 Å². The first kappa shape index (κ1) is 10.8. The molecule has 0 saturated heterocycles. The van der Waals surface area contributed by atoms with Crippen molar-refractivity contribution >= 4 is 23.2 Å². The van der Waals surface area contributed by atoms with E-state index in [2.05, 4.69) is 0 Å². The smallest absolute Gasteiger partial charge is 0.0515 e. The van der Waals surface area contributed by atoms with Crippen LogP contribution in [0.15, 0.2) is 18.2 Å². The molecule has 1 rings (SSSR count). The highest BCUT2D eigenvalue weighted by atomic mass is 35.5. The normalized spacial score (nSPS) is 12.9. The molecule has 0 aromatic heterocycles. The van der Waals surface area contributed by atoms with Crippen molar-refractivity contribution in [2.75, 3.05) is 0 Å². The van der Waals surface area contributed by atoms with Crippen LogP contribution >= 0.6 is 23.2 Å². The van der Waals surface area contributed by atoms with Gasteiger partial charge in [-0.05, 0) is 37.5 Å². The van der Waals surface area contributed by atoms with E-state index in [0.29, 0.717) is 16.5 Å². The average molecular weight is 219 g/mol. The van der Waals surface area contributed by atoms with Crippen molar-refractivity contribution in [3.05, 3.63) is 33.8 Å². The topological polar surface area (TPSA) is 20.2 Å². The fraction of sp³-hybridized carbons (Fsp3) is 0.400. The van der Waals surface area contributed by atoms with Gasteiger partial charge in [0.2, 0.25) is 0 Å². The number of hydrogen-bond donors (Lipinski definition) is 1. The molecule has 0 fully saturated rings. The highest BCUT2D eigenvalue weighted by molar-refractivity contribution is 6.35. The Labute approximate surface area is 88.3 Å². The van der Waals surface area contributed by atoms with Crippen LogP contribution in [0.2, 0.25) is 10.0 Å². The minimum absolute atomic E-state index is 0.313. The van der Waals surface area contributed by atoms with Gasteiger partial charge in [-0.3, -0.25) is 0 Å². The second kappa shape index (κ2) is 4.85. The minimum atomic E-state index is -0.313. The van der Waals surface area contributed by atoms with Gasteiger partial charge in [0, 0.05) is 10.0 Å². The van der Waals surface area contributed by atoms with Gasteiger partial charge in [0.15, 0.2) is 0 Å². The Bertz CT molecular complexity index is 264. The summed E-state index contributed by atoms with van der Waals surface area (Å²) in [6.45, 7) is 1.75. The lowest BCUT2D eigenvalue weighted by molar-refractivity contribution is 0.185. The zero-order valence-electron chi connectivity index (χ0n) is 7.43. The molecule has 72 valence electrons. The van der Waals surface area contributed by atoms with Gasteiger partial charge in [-0.1, -0.05) is 29.3 Å². The van der Waals surface area contributed by atoms with Crippen molar-refractivity contribution in [2.45, 2.75) is 25.9 Å². The first-order valence-electron chi connectivity index (χ1n) is 4.22. The molecule has 0 aliphatic carbocycles. The van der Waals surface area contributed by atoms with E-state index in [1.807, 2.05) is 18.2 Å². The third kappa shape index (κ3) is 3.18. The first-order valence-corrected chi connectivity index (χ1v) is 4.98. The molecular weight excluding hydrogens is 207 g/mol. The van der Waals surface area contributed by atoms with E-state index in [9.17, 15) is 0 Å². The maximum absolute atomic E-state index is 9.11. The van der Waals surface area contributed by atoms with Crippen molar-refractivity contribution in [1.82, 2.24) is 0 Å². The SMILES string of the molecule is C[C@@H](O)CCc1c(Cl)cccc1Cl. The molecule has 0 aliphatic heterocycles. The molecule has 0 bridgehead atoms. The summed E-state index contributed by atoms with van der Waals surface area (Å²) in [7, 11) is 0. The van der Waals surface area contributed by atoms with Crippen LogP contribution in [0.25, 0.3) is 0 Å². The van der Waals surface area contributed by atoms with Crippen LogP contribution in [0.1, 0.15) is 18.9 Å². The molecule has 0 spiro atoms. The zero-order valence-corrected chi connectivity index (χ0v) is 8.94. The molecule has 0 aliphatic rings. The lowest BCUT2D eigenvalue weighted by Crippen LogP contribution is -2.02. The van der Waals surface area contributed by atoms with Crippen molar-refractivity contribution < 1.29 is 5.11 Å². The number of benzene rings is 1. The van der Waals surface area contributed by atoms with Crippen molar-refractivity contribution in [3.63, 3.8) is 0 Å². The molecule has 1 nitrogen and oxygen atoms in total. The van der Waals surface area contributed by atoms with E-state index in [1.54, 1.807) is 6.92 Å². The van der Waals surface area contributed by atoms with Crippen LogP contribution < -0.4 is 0 Å². The van der Waals surface area contributed by atoms with Gasteiger partial charge >= 0.3 is 0 Å². The molecule has 0 amide bonds. The summed E-state index contributed by atoms with van der Waals surface area (Å²) in [4.78, 5) is 0. The number of aliphatic hydroxyl groups excluding tert-OH is 1. The van der Waals surface area contributed by atoms with Crippen molar-refractivity contribution in [3.8, 4) is 0 Å². The summed E-state index contributed by atoms with van der Waals surface area (Å²) >= 11 is 11.9. The van der Waals surface area contributed by atoms with Crippen molar-refractivity contribution in [1.29, 1.82) is 0 Å². The molecule has 1 aromatic rings. The zero-order chi connectivity index (χ0) is 9.84. The number of halogens is 2. The van der Waals surface area contributed by atoms with Crippen LogP contribution in [0.3, 0.4) is 0 Å². The van der Waals surface area contributed by atoms with Gasteiger partial charge in [0.1, 0.15) is 0 Å². The molecule has 1 N–H and O–H groups in total. The second-order valence-corrected chi connectivity index (χ2v) is 3.90. The maximum atomic E-state index is 9.11. The largest absolute Gasteiger partial charge is 0.393 e. The monoisotopic (exact) mass is 218 g/mol.